The van der Waals surface area contributed by atoms with Crippen molar-refractivity contribution >= 4 is 5.91 Å². The number of aryl methyl sites for hydroxylation is 1. The first-order valence-corrected chi connectivity index (χ1v) is 7.96. The lowest BCUT2D eigenvalue weighted by Crippen LogP contribution is -2.35. The van der Waals surface area contributed by atoms with Crippen molar-refractivity contribution in [2.45, 2.75) is 25.1 Å². The molecule has 3 rings (SSSR count). The van der Waals surface area contributed by atoms with Gasteiger partial charge in [-0.2, -0.15) is 13.2 Å². The molecule has 2 aromatic rings. The minimum atomic E-state index is -4.60. The van der Waals surface area contributed by atoms with E-state index in [1.54, 1.807) is 12.1 Å². The van der Waals surface area contributed by atoms with E-state index in [2.05, 4.69) is 0 Å². The molecule has 25 heavy (non-hydrogen) atoms. The summed E-state index contributed by atoms with van der Waals surface area (Å²) < 4.78 is 39.4. The van der Waals surface area contributed by atoms with Gasteiger partial charge in [0.15, 0.2) is 0 Å². The van der Waals surface area contributed by atoms with Crippen LogP contribution in [0.1, 0.15) is 33.5 Å². The average Bonchev–Trinajstić information content (AvgIpc) is 2.97. The van der Waals surface area contributed by atoms with Gasteiger partial charge in [0.1, 0.15) is 5.60 Å². The maximum atomic E-state index is 13.1. The summed E-state index contributed by atoms with van der Waals surface area (Å²) in [4.78, 5) is 13.9. The molecule has 132 valence electrons. The number of carbonyl (C=O) groups is 1. The monoisotopic (exact) mass is 349 g/mol. The lowest BCUT2D eigenvalue weighted by molar-refractivity contribution is -0.138. The molecule has 1 saturated heterocycles. The largest absolute Gasteiger partial charge is 0.417 e. The van der Waals surface area contributed by atoms with Crippen LogP contribution in [0.3, 0.4) is 0 Å². The molecule has 1 N–H and O–H groups in total. The Kier molecular flexibility index (Phi) is 4.33. The average molecular weight is 349 g/mol. The summed E-state index contributed by atoms with van der Waals surface area (Å²) >= 11 is 0. The number of hydrogen-bond donors (Lipinski definition) is 1. The summed E-state index contributed by atoms with van der Waals surface area (Å²) in [5.74, 6) is -0.711. The molecular weight excluding hydrogens is 331 g/mol. The number of amides is 1. The SMILES string of the molecule is Cc1ccccc1[C@]1(O)CCN(C(=O)c2ccccc2C(F)(F)F)C1. The zero-order chi connectivity index (χ0) is 18.2. The molecule has 0 radical (unpaired) electrons. The number of β-amino-alcohol motifs (C(OH)–C–C–N with tert-alkyl or cyclic N) is 1. The van der Waals surface area contributed by atoms with E-state index in [-0.39, 0.29) is 25.1 Å². The second kappa shape index (κ2) is 6.19. The van der Waals surface area contributed by atoms with Gasteiger partial charge in [-0.3, -0.25) is 4.79 Å². The third kappa shape index (κ3) is 3.26. The molecule has 0 bridgehead atoms. The van der Waals surface area contributed by atoms with Crippen LogP contribution in [0.5, 0.6) is 0 Å². The maximum Gasteiger partial charge on any atom is 0.417 e. The molecule has 0 saturated carbocycles. The highest BCUT2D eigenvalue weighted by Gasteiger charge is 2.42. The summed E-state index contributed by atoms with van der Waals surface area (Å²) in [6, 6.07) is 12.0. The molecule has 3 nitrogen and oxygen atoms in total. The van der Waals surface area contributed by atoms with Crippen molar-refractivity contribution in [1.82, 2.24) is 4.90 Å². The molecule has 2 aromatic carbocycles. The quantitative estimate of drug-likeness (QED) is 0.897. The van der Waals surface area contributed by atoms with Gasteiger partial charge in [-0.15, -0.1) is 0 Å². The van der Waals surface area contributed by atoms with Crippen LogP contribution in [0, 0.1) is 6.92 Å². The Bertz CT molecular complexity index is 803. The highest BCUT2D eigenvalue weighted by Crippen LogP contribution is 2.36. The van der Waals surface area contributed by atoms with Gasteiger partial charge in [0.05, 0.1) is 17.7 Å². The molecule has 1 amide bonds. The summed E-state index contributed by atoms with van der Waals surface area (Å²) in [7, 11) is 0. The zero-order valence-electron chi connectivity index (χ0n) is 13.7. The fourth-order valence-electron chi connectivity index (χ4n) is 3.37. The van der Waals surface area contributed by atoms with Gasteiger partial charge in [0.25, 0.3) is 5.91 Å². The first-order chi connectivity index (χ1) is 11.7. The van der Waals surface area contributed by atoms with Crippen LogP contribution in [-0.2, 0) is 11.8 Å². The third-order valence-corrected chi connectivity index (χ3v) is 4.64. The van der Waals surface area contributed by atoms with E-state index in [9.17, 15) is 23.1 Å². The van der Waals surface area contributed by atoms with Crippen LogP contribution in [0.2, 0.25) is 0 Å². The first kappa shape index (κ1) is 17.5. The Labute approximate surface area is 143 Å². The fraction of sp³-hybridized carbons (Fsp3) is 0.316. The summed E-state index contributed by atoms with van der Waals surface area (Å²) in [6.45, 7) is 2.04. The molecule has 0 spiro atoms. The molecule has 0 aromatic heterocycles. The highest BCUT2D eigenvalue weighted by atomic mass is 19.4. The van der Waals surface area contributed by atoms with Crippen LogP contribution < -0.4 is 0 Å². The lowest BCUT2D eigenvalue weighted by atomic mass is 9.89. The fourth-order valence-corrected chi connectivity index (χ4v) is 3.37. The Morgan fingerprint density at radius 1 is 1.12 bits per heavy atom. The van der Waals surface area contributed by atoms with Crippen molar-refractivity contribution in [3.8, 4) is 0 Å². The maximum absolute atomic E-state index is 13.1. The van der Waals surface area contributed by atoms with Gasteiger partial charge in [-0.05, 0) is 36.6 Å². The number of carbonyl (C=O) groups excluding carboxylic acids is 1. The zero-order valence-corrected chi connectivity index (χ0v) is 13.7. The molecule has 1 heterocycles. The minimum Gasteiger partial charge on any atom is -0.383 e. The lowest BCUT2D eigenvalue weighted by Gasteiger charge is -2.26. The summed E-state index contributed by atoms with van der Waals surface area (Å²) in [5, 5.41) is 10.9. The topological polar surface area (TPSA) is 40.5 Å². The van der Waals surface area contributed by atoms with Gasteiger partial charge in [-0.25, -0.2) is 0 Å². The molecule has 1 aliphatic rings. The van der Waals surface area contributed by atoms with Crippen molar-refractivity contribution in [3.05, 3.63) is 70.8 Å². The van der Waals surface area contributed by atoms with E-state index in [4.69, 9.17) is 0 Å². The normalized spacial score (nSPS) is 20.8. The van der Waals surface area contributed by atoms with Crippen LogP contribution in [-0.4, -0.2) is 29.0 Å². The number of rotatable bonds is 2. The number of aliphatic hydroxyl groups is 1. The number of halogens is 3. The molecule has 1 atom stereocenters. The molecular formula is C19H18F3NO2. The van der Waals surface area contributed by atoms with E-state index in [1.807, 2.05) is 19.1 Å². The van der Waals surface area contributed by atoms with Crippen molar-refractivity contribution in [3.63, 3.8) is 0 Å². The molecule has 1 aliphatic heterocycles. The predicted octanol–water partition coefficient (Wildman–Crippen LogP) is 3.75. The van der Waals surface area contributed by atoms with Crippen LogP contribution in [0.25, 0.3) is 0 Å². The molecule has 0 unspecified atom stereocenters. The molecule has 0 aliphatic carbocycles. The van der Waals surface area contributed by atoms with Gasteiger partial charge in [-0.1, -0.05) is 36.4 Å². The van der Waals surface area contributed by atoms with Crippen molar-refractivity contribution in [1.29, 1.82) is 0 Å². The van der Waals surface area contributed by atoms with Gasteiger partial charge in [0.2, 0.25) is 0 Å². The second-order valence-electron chi connectivity index (χ2n) is 6.37. The van der Waals surface area contributed by atoms with E-state index in [0.717, 1.165) is 11.6 Å². The Morgan fingerprint density at radius 3 is 2.44 bits per heavy atom. The number of hydrogen-bond acceptors (Lipinski definition) is 2. The van der Waals surface area contributed by atoms with Crippen LogP contribution in [0.15, 0.2) is 48.5 Å². The Balaban J connectivity index is 1.88. The smallest absolute Gasteiger partial charge is 0.383 e. The van der Waals surface area contributed by atoms with Gasteiger partial charge < -0.3 is 10.0 Å². The Hall–Kier alpha value is -2.34. The predicted molar refractivity (Wildman–Crippen MR) is 87.0 cm³/mol. The number of alkyl halides is 3. The van der Waals surface area contributed by atoms with Crippen molar-refractivity contribution in [2.75, 3.05) is 13.1 Å². The highest BCUT2D eigenvalue weighted by molar-refractivity contribution is 5.96. The van der Waals surface area contributed by atoms with Crippen LogP contribution >= 0.6 is 0 Å². The standard InChI is InChI=1S/C19H18F3NO2/c1-13-6-2-4-8-15(13)18(25)10-11-23(12-18)17(24)14-7-3-5-9-16(14)19(20,21)22/h2-9,25H,10-12H2,1H3/t18-/m0/s1. The summed E-state index contributed by atoms with van der Waals surface area (Å²) in [6.07, 6.45) is -4.31. The third-order valence-electron chi connectivity index (χ3n) is 4.64. The van der Waals surface area contributed by atoms with E-state index >= 15 is 0 Å². The molecule has 1 fully saturated rings. The van der Waals surface area contributed by atoms with E-state index in [1.165, 1.54) is 23.1 Å². The number of nitrogens with zero attached hydrogens (tertiary/aromatic N) is 1. The number of benzene rings is 2. The number of likely N-dealkylation sites (tertiary alicyclic amines) is 1. The van der Waals surface area contributed by atoms with Crippen LogP contribution in [0.4, 0.5) is 13.2 Å². The van der Waals surface area contributed by atoms with E-state index in [0.29, 0.717) is 5.56 Å². The van der Waals surface area contributed by atoms with Crippen molar-refractivity contribution < 1.29 is 23.1 Å². The molecule has 6 heteroatoms. The van der Waals surface area contributed by atoms with Crippen molar-refractivity contribution in [2.24, 2.45) is 0 Å². The first-order valence-electron chi connectivity index (χ1n) is 7.96. The minimum absolute atomic E-state index is 0.0249. The Morgan fingerprint density at radius 2 is 1.76 bits per heavy atom. The van der Waals surface area contributed by atoms with E-state index < -0.39 is 23.2 Å². The second-order valence-corrected chi connectivity index (χ2v) is 6.37. The summed E-state index contributed by atoms with van der Waals surface area (Å²) in [5.41, 5.74) is -0.992. The van der Waals surface area contributed by atoms with Gasteiger partial charge >= 0.3 is 6.18 Å². The van der Waals surface area contributed by atoms with Gasteiger partial charge in [0, 0.05) is 6.54 Å².